The Morgan fingerprint density at radius 1 is 1.22 bits per heavy atom. The molecule has 5 nitrogen and oxygen atoms in total. The second-order valence-corrected chi connectivity index (χ2v) is 4.68. The highest BCUT2D eigenvalue weighted by Crippen LogP contribution is 2.22. The Morgan fingerprint density at radius 2 is 1.89 bits per heavy atom. The summed E-state index contributed by atoms with van der Waals surface area (Å²) in [6.45, 7) is 9.09. The zero-order valence-electron chi connectivity index (χ0n) is 11.3. The van der Waals surface area contributed by atoms with E-state index < -0.39 is 0 Å². The standard InChI is InChI=1S/C13H19N5/c1-9(2)18-11(4)13(10(3)17-18)16-7-12-5-14-8-15-6-12/h5-6,8-9,16H,7H2,1-4H3. The topological polar surface area (TPSA) is 55.6 Å². The summed E-state index contributed by atoms with van der Waals surface area (Å²) in [5.74, 6) is 0. The van der Waals surface area contributed by atoms with Gasteiger partial charge in [-0.1, -0.05) is 0 Å². The molecule has 0 spiro atoms. The fourth-order valence-corrected chi connectivity index (χ4v) is 2.03. The molecular formula is C13H19N5. The van der Waals surface area contributed by atoms with E-state index in [1.54, 1.807) is 0 Å². The van der Waals surface area contributed by atoms with E-state index in [0.717, 1.165) is 16.9 Å². The molecule has 2 rings (SSSR count). The van der Waals surface area contributed by atoms with Crippen LogP contribution in [-0.4, -0.2) is 19.7 Å². The van der Waals surface area contributed by atoms with E-state index in [0.29, 0.717) is 12.6 Å². The molecule has 0 saturated carbocycles. The number of aryl methyl sites for hydroxylation is 1. The van der Waals surface area contributed by atoms with Crippen LogP contribution < -0.4 is 5.32 Å². The molecule has 0 unspecified atom stereocenters. The van der Waals surface area contributed by atoms with E-state index >= 15 is 0 Å². The summed E-state index contributed by atoms with van der Waals surface area (Å²) in [5, 5.41) is 7.95. The Morgan fingerprint density at radius 3 is 2.44 bits per heavy atom. The first-order valence-electron chi connectivity index (χ1n) is 6.13. The van der Waals surface area contributed by atoms with Crippen LogP contribution in [0.15, 0.2) is 18.7 Å². The van der Waals surface area contributed by atoms with Crippen molar-refractivity contribution in [1.29, 1.82) is 0 Å². The molecule has 0 amide bonds. The van der Waals surface area contributed by atoms with Crippen LogP contribution in [0.1, 0.15) is 36.8 Å². The minimum absolute atomic E-state index is 0.374. The highest BCUT2D eigenvalue weighted by atomic mass is 15.3. The summed E-state index contributed by atoms with van der Waals surface area (Å²) in [7, 11) is 0. The molecule has 0 aliphatic heterocycles. The SMILES string of the molecule is Cc1nn(C(C)C)c(C)c1NCc1cncnc1. The molecule has 2 heterocycles. The summed E-state index contributed by atoms with van der Waals surface area (Å²) in [6.07, 6.45) is 5.17. The number of anilines is 1. The molecule has 1 N–H and O–H groups in total. The Kier molecular flexibility index (Phi) is 3.60. The molecular weight excluding hydrogens is 226 g/mol. The van der Waals surface area contributed by atoms with E-state index in [1.807, 2.05) is 24.0 Å². The van der Waals surface area contributed by atoms with Crippen LogP contribution in [-0.2, 0) is 6.54 Å². The second-order valence-electron chi connectivity index (χ2n) is 4.68. The lowest BCUT2D eigenvalue weighted by Gasteiger charge is -2.09. The summed E-state index contributed by atoms with van der Waals surface area (Å²) in [4.78, 5) is 8.01. The van der Waals surface area contributed by atoms with E-state index in [-0.39, 0.29) is 0 Å². The van der Waals surface area contributed by atoms with Gasteiger partial charge in [-0.25, -0.2) is 9.97 Å². The third-order valence-electron chi connectivity index (χ3n) is 2.90. The van der Waals surface area contributed by atoms with Crippen LogP contribution in [0, 0.1) is 13.8 Å². The molecule has 96 valence electrons. The van der Waals surface area contributed by atoms with Gasteiger partial charge in [0.05, 0.1) is 17.1 Å². The largest absolute Gasteiger partial charge is 0.378 e. The van der Waals surface area contributed by atoms with Crippen molar-refractivity contribution in [3.63, 3.8) is 0 Å². The van der Waals surface area contributed by atoms with Crippen LogP contribution in [0.3, 0.4) is 0 Å². The molecule has 18 heavy (non-hydrogen) atoms. The second kappa shape index (κ2) is 5.16. The molecule has 0 aliphatic carbocycles. The van der Waals surface area contributed by atoms with Crippen molar-refractivity contribution in [3.05, 3.63) is 35.7 Å². The monoisotopic (exact) mass is 245 g/mol. The van der Waals surface area contributed by atoms with Crippen molar-refractivity contribution in [2.24, 2.45) is 0 Å². The maximum Gasteiger partial charge on any atom is 0.115 e. The molecule has 0 radical (unpaired) electrons. The fourth-order valence-electron chi connectivity index (χ4n) is 2.03. The number of hydrogen-bond acceptors (Lipinski definition) is 4. The zero-order chi connectivity index (χ0) is 13.1. The number of rotatable bonds is 4. The maximum absolute atomic E-state index is 4.54. The summed E-state index contributed by atoms with van der Waals surface area (Å²) < 4.78 is 2.04. The molecule has 0 aromatic carbocycles. The van der Waals surface area contributed by atoms with Crippen molar-refractivity contribution in [1.82, 2.24) is 19.7 Å². The van der Waals surface area contributed by atoms with Crippen molar-refractivity contribution in [2.45, 2.75) is 40.3 Å². The van der Waals surface area contributed by atoms with Crippen molar-refractivity contribution >= 4 is 5.69 Å². The van der Waals surface area contributed by atoms with E-state index in [2.05, 4.69) is 41.2 Å². The average molecular weight is 245 g/mol. The molecule has 0 atom stereocenters. The lowest BCUT2D eigenvalue weighted by atomic mass is 10.2. The Labute approximate surface area is 107 Å². The van der Waals surface area contributed by atoms with Crippen LogP contribution in [0.25, 0.3) is 0 Å². The quantitative estimate of drug-likeness (QED) is 0.899. The molecule has 0 fully saturated rings. The van der Waals surface area contributed by atoms with Gasteiger partial charge in [-0.3, -0.25) is 4.68 Å². The van der Waals surface area contributed by atoms with Gasteiger partial charge in [0.1, 0.15) is 6.33 Å². The first-order valence-corrected chi connectivity index (χ1v) is 6.13. The minimum atomic E-state index is 0.374. The number of nitrogens with one attached hydrogen (secondary N) is 1. The number of nitrogens with zero attached hydrogens (tertiary/aromatic N) is 4. The van der Waals surface area contributed by atoms with Crippen LogP contribution in [0.4, 0.5) is 5.69 Å². The third kappa shape index (κ3) is 2.50. The Balaban J connectivity index is 2.15. The normalized spacial score (nSPS) is 10.9. The summed E-state index contributed by atoms with van der Waals surface area (Å²) >= 11 is 0. The van der Waals surface area contributed by atoms with Gasteiger partial charge in [-0.15, -0.1) is 0 Å². The lowest BCUT2D eigenvalue weighted by Crippen LogP contribution is -2.06. The molecule has 5 heteroatoms. The predicted molar refractivity (Wildman–Crippen MR) is 71.4 cm³/mol. The molecule has 0 aliphatic rings. The first kappa shape index (κ1) is 12.5. The summed E-state index contributed by atoms with van der Waals surface area (Å²) in [6, 6.07) is 0.374. The maximum atomic E-state index is 4.54. The Bertz CT molecular complexity index is 516. The zero-order valence-corrected chi connectivity index (χ0v) is 11.3. The lowest BCUT2D eigenvalue weighted by molar-refractivity contribution is 0.516. The molecule has 2 aromatic heterocycles. The first-order chi connectivity index (χ1) is 8.59. The van der Waals surface area contributed by atoms with Crippen molar-refractivity contribution in [3.8, 4) is 0 Å². The minimum Gasteiger partial charge on any atom is -0.378 e. The third-order valence-corrected chi connectivity index (χ3v) is 2.90. The van der Waals surface area contributed by atoms with Crippen LogP contribution >= 0.6 is 0 Å². The summed E-state index contributed by atoms with van der Waals surface area (Å²) in [5.41, 5.74) is 4.36. The highest BCUT2D eigenvalue weighted by molar-refractivity contribution is 5.52. The van der Waals surface area contributed by atoms with Gasteiger partial charge < -0.3 is 5.32 Å². The fraction of sp³-hybridized carbons (Fsp3) is 0.462. The van der Waals surface area contributed by atoms with Gasteiger partial charge in [-0.05, 0) is 27.7 Å². The van der Waals surface area contributed by atoms with Gasteiger partial charge in [0.25, 0.3) is 0 Å². The van der Waals surface area contributed by atoms with Gasteiger partial charge in [-0.2, -0.15) is 5.10 Å². The van der Waals surface area contributed by atoms with Gasteiger partial charge in [0.15, 0.2) is 0 Å². The highest BCUT2D eigenvalue weighted by Gasteiger charge is 2.12. The van der Waals surface area contributed by atoms with Crippen LogP contribution in [0.5, 0.6) is 0 Å². The molecule has 2 aromatic rings. The van der Waals surface area contributed by atoms with E-state index in [4.69, 9.17) is 0 Å². The van der Waals surface area contributed by atoms with Crippen molar-refractivity contribution < 1.29 is 0 Å². The van der Waals surface area contributed by atoms with Crippen LogP contribution in [0.2, 0.25) is 0 Å². The van der Waals surface area contributed by atoms with Crippen molar-refractivity contribution in [2.75, 3.05) is 5.32 Å². The van der Waals surface area contributed by atoms with E-state index in [1.165, 1.54) is 12.0 Å². The van der Waals surface area contributed by atoms with E-state index in [9.17, 15) is 0 Å². The van der Waals surface area contributed by atoms with Gasteiger partial charge in [0.2, 0.25) is 0 Å². The molecule has 0 saturated heterocycles. The number of aromatic nitrogens is 4. The smallest absolute Gasteiger partial charge is 0.115 e. The van der Waals surface area contributed by atoms with Gasteiger partial charge >= 0.3 is 0 Å². The van der Waals surface area contributed by atoms with Gasteiger partial charge in [0, 0.05) is 30.5 Å². The Hall–Kier alpha value is -1.91. The average Bonchev–Trinajstić information content (AvgIpc) is 2.64. The predicted octanol–water partition coefficient (Wildman–Crippen LogP) is 2.48. The molecule has 0 bridgehead atoms. The number of hydrogen-bond donors (Lipinski definition) is 1.